The Balaban J connectivity index is 2.01. The molecule has 4 heteroatoms. The zero-order chi connectivity index (χ0) is 13.5. The van der Waals surface area contributed by atoms with Crippen LogP contribution >= 0.6 is 0 Å². The maximum atomic E-state index is 12.0. The van der Waals surface area contributed by atoms with E-state index < -0.39 is 0 Å². The molecular weight excluding hydrogens is 240 g/mol. The highest BCUT2D eigenvalue weighted by Gasteiger charge is 2.18. The van der Waals surface area contributed by atoms with E-state index in [-0.39, 0.29) is 12.5 Å². The van der Waals surface area contributed by atoms with Gasteiger partial charge in [0.1, 0.15) is 0 Å². The second-order valence-electron chi connectivity index (χ2n) is 4.69. The summed E-state index contributed by atoms with van der Waals surface area (Å²) in [4.78, 5) is 16.1. The largest absolute Gasteiger partial charge is 0.395 e. The predicted octanol–water partition coefficient (Wildman–Crippen LogP) is 1.49. The van der Waals surface area contributed by atoms with Gasteiger partial charge in [-0.3, -0.25) is 9.78 Å². The van der Waals surface area contributed by atoms with Crippen LogP contribution < -0.4 is 5.32 Å². The van der Waals surface area contributed by atoms with Gasteiger partial charge in [0.15, 0.2) is 0 Å². The lowest BCUT2D eigenvalue weighted by molar-refractivity contribution is 0.0937. The van der Waals surface area contributed by atoms with Gasteiger partial charge in [0.25, 0.3) is 5.91 Å². The molecule has 0 aromatic carbocycles. The maximum absolute atomic E-state index is 12.0. The number of amides is 1. The van der Waals surface area contributed by atoms with Crippen LogP contribution in [0.4, 0.5) is 0 Å². The second-order valence-corrected chi connectivity index (χ2v) is 4.69. The van der Waals surface area contributed by atoms with Crippen molar-refractivity contribution in [2.75, 3.05) is 6.61 Å². The smallest absolute Gasteiger partial charge is 0.253 e. The molecule has 1 aliphatic carbocycles. The SMILES string of the molecule is O=C(NC1CCCC1)c1cncc(C#CCCO)c1. The first-order valence-corrected chi connectivity index (χ1v) is 6.65. The number of nitrogens with one attached hydrogen (secondary N) is 1. The van der Waals surface area contributed by atoms with E-state index in [1.807, 2.05) is 0 Å². The predicted molar refractivity (Wildman–Crippen MR) is 72.5 cm³/mol. The van der Waals surface area contributed by atoms with Crippen molar-refractivity contribution in [1.29, 1.82) is 0 Å². The molecular formula is C15H18N2O2. The fourth-order valence-electron chi connectivity index (χ4n) is 2.19. The Morgan fingerprint density at radius 2 is 2.21 bits per heavy atom. The van der Waals surface area contributed by atoms with Crippen LogP contribution in [0.1, 0.15) is 48.0 Å². The normalized spacial score (nSPS) is 14.8. The monoisotopic (exact) mass is 258 g/mol. The van der Waals surface area contributed by atoms with Gasteiger partial charge in [-0.05, 0) is 18.9 Å². The van der Waals surface area contributed by atoms with Gasteiger partial charge < -0.3 is 10.4 Å². The van der Waals surface area contributed by atoms with E-state index in [2.05, 4.69) is 22.1 Å². The molecule has 0 atom stereocenters. The number of hydrogen-bond acceptors (Lipinski definition) is 3. The second kappa shape index (κ2) is 6.91. The van der Waals surface area contributed by atoms with Crippen molar-refractivity contribution >= 4 is 5.91 Å². The Labute approximate surface area is 113 Å². The first-order chi connectivity index (χ1) is 9.29. The highest BCUT2D eigenvalue weighted by Crippen LogP contribution is 2.18. The molecule has 4 nitrogen and oxygen atoms in total. The Hall–Kier alpha value is -1.86. The van der Waals surface area contributed by atoms with Crippen LogP contribution in [0.5, 0.6) is 0 Å². The van der Waals surface area contributed by atoms with Gasteiger partial charge in [-0.2, -0.15) is 0 Å². The van der Waals surface area contributed by atoms with Crippen LogP contribution in [0.15, 0.2) is 18.5 Å². The van der Waals surface area contributed by atoms with E-state index in [0.29, 0.717) is 23.6 Å². The van der Waals surface area contributed by atoms with Crippen LogP contribution in [-0.4, -0.2) is 28.6 Å². The molecule has 0 radical (unpaired) electrons. The third-order valence-corrected chi connectivity index (χ3v) is 3.16. The molecule has 1 aromatic heterocycles. The van der Waals surface area contributed by atoms with Gasteiger partial charge in [0.05, 0.1) is 12.2 Å². The molecule has 19 heavy (non-hydrogen) atoms. The summed E-state index contributed by atoms with van der Waals surface area (Å²) in [6.07, 6.45) is 8.12. The standard InChI is InChI=1S/C15H18N2O2/c18-8-4-3-5-12-9-13(11-16-10-12)15(19)17-14-6-1-2-7-14/h9-11,14,18H,1-2,4,6-8H2,(H,17,19). The van der Waals surface area contributed by atoms with Gasteiger partial charge in [0, 0.05) is 30.4 Å². The number of aliphatic hydroxyl groups excluding tert-OH is 1. The van der Waals surface area contributed by atoms with Gasteiger partial charge in [-0.25, -0.2) is 0 Å². The van der Waals surface area contributed by atoms with E-state index in [9.17, 15) is 4.79 Å². The number of carbonyl (C=O) groups is 1. The maximum Gasteiger partial charge on any atom is 0.253 e. The van der Waals surface area contributed by atoms with Gasteiger partial charge in [0.2, 0.25) is 0 Å². The highest BCUT2D eigenvalue weighted by molar-refractivity contribution is 5.94. The topological polar surface area (TPSA) is 62.2 Å². The Morgan fingerprint density at radius 1 is 1.42 bits per heavy atom. The summed E-state index contributed by atoms with van der Waals surface area (Å²) in [6, 6.07) is 2.04. The van der Waals surface area contributed by atoms with Crippen LogP contribution in [0, 0.1) is 11.8 Å². The summed E-state index contributed by atoms with van der Waals surface area (Å²) in [5.74, 6) is 5.62. The summed E-state index contributed by atoms with van der Waals surface area (Å²) in [5, 5.41) is 11.7. The molecule has 1 fully saturated rings. The van der Waals surface area contributed by atoms with E-state index >= 15 is 0 Å². The summed E-state index contributed by atoms with van der Waals surface area (Å²) in [6.45, 7) is 0.0439. The van der Waals surface area contributed by atoms with Gasteiger partial charge >= 0.3 is 0 Å². The Morgan fingerprint density at radius 3 is 2.95 bits per heavy atom. The minimum Gasteiger partial charge on any atom is -0.395 e. The number of hydrogen-bond donors (Lipinski definition) is 2. The van der Waals surface area contributed by atoms with Crippen LogP contribution in [0.25, 0.3) is 0 Å². The average molecular weight is 258 g/mol. The molecule has 0 bridgehead atoms. The Kier molecular flexibility index (Phi) is 4.93. The number of nitrogens with zero attached hydrogens (tertiary/aromatic N) is 1. The molecule has 0 aliphatic heterocycles. The molecule has 0 unspecified atom stereocenters. The summed E-state index contributed by atoms with van der Waals surface area (Å²) < 4.78 is 0. The van der Waals surface area contributed by atoms with Crippen molar-refractivity contribution in [1.82, 2.24) is 10.3 Å². The number of aromatic nitrogens is 1. The molecule has 0 spiro atoms. The van der Waals surface area contributed by atoms with Gasteiger partial charge in [-0.15, -0.1) is 0 Å². The molecule has 1 aromatic rings. The molecule has 2 N–H and O–H groups in total. The van der Waals surface area contributed by atoms with Gasteiger partial charge in [-0.1, -0.05) is 24.7 Å². The molecule has 2 rings (SSSR count). The van der Waals surface area contributed by atoms with Crippen molar-refractivity contribution in [3.05, 3.63) is 29.6 Å². The summed E-state index contributed by atoms with van der Waals surface area (Å²) >= 11 is 0. The highest BCUT2D eigenvalue weighted by atomic mass is 16.2. The zero-order valence-corrected chi connectivity index (χ0v) is 10.9. The van der Waals surface area contributed by atoms with Crippen LogP contribution in [0.3, 0.4) is 0 Å². The minimum atomic E-state index is -0.0785. The van der Waals surface area contributed by atoms with Crippen molar-refractivity contribution in [3.63, 3.8) is 0 Å². The molecule has 1 aliphatic rings. The minimum absolute atomic E-state index is 0.0439. The lowest BCUT2D eigenvalue weighted by atomic mass is 10.1. The molecule has 1 saturated carbocycles. The third-order valence-electron chi connectivity index (χ3n) is 3.16. The zero-order valence-electron chi connectivity index (χ0n) is 10.9. The number of aliphatic hydroxyl groups is 1. The van der Waals surface area contributed by atoms with E-state index in [0.717, 1.165) is 12.8 Å². The fraction of sp³-hybridized carbons (Fsp3) is 0.467. The van der Waals surface area contributed by atoms with Crippen molar-refractivity contribution < 1.29 is 9.90 Å². The number of pyridine rings is 1. The lowest BCUT2D eigenvalue weighted by Crippen LogP contribution is -2.32. The lowest BCUT2D eigenvalue weighted by Gasteiger charge is -2.11. The summed E-state index contributed by atoms with van der Waals surface area (Å²) in [7, 11) is 0. The van der Waals surface area contributed by atoms with Crippen LogP contribution in [0.2, 0.25) is 0 Å². The third kappa shape index (κ3) is 4.08. The van der Waals surface area contributed by atoms with Crippen LogP contribution in [-0.2, 0) is 0 Å². The van der Waals surface area contributed by atoms with E-state index in [1.54, 1.807) is 18.5 Å². The molecule has 1 heterocycles. The number of carbonyl (C=O) groups excluding carboxylic acids is 1. The van der Waals surface area contributed by atoms with E-state index in [4.69, 9.17) is 5.11 Å². The van der Waals surface area contributed by atoms with Crippen molar-refractivity contribution in [2.24, 2.45) is 0 Å². The molecule has 1 amide bonds. The quantitative estimate of drug-likeness (QED) is 0.807. The van der Waals surface area contributed by atoms with Crippen molar-refractivity contribution in [3.8, 4) is 11.8 Å². The molecule has 0 saturated heterocycles. The summed E-state index contributed by atoms with van der Waals surface area (Å²) in [5.41, 5.74) is 1.25. The fourth-order valence-corrected chi connectivity index (χ4v) is 2.19. The Bertz CT molecular complexity index is 496. The average Bonchev–Trinajstić information content (AvgIpc) is 2.92. The first kappa shape index (κ1) is 13.6. The first-order valence-electron chi connectivity index (χ1n) is 6.65. The number of rotatable bonds is 3. The van der Waals surface area contributed by atoms with E-state index in [1.165, 1.54) is 12.8 Å². The molecule has 100 valence electrons. The van der Waals surface area contributed by atoms with Crippen molar-refractivity contribution in [2.45, 2.75) is 38.1 Å².